The van der Waals surface area contributed by atoms with Crippen LogP contribution < -0.4 is 5.46 Å². The molecule has 2 bridgehead atoms. The van der Waals surface area contributed by atoms with E-state index in [-0.39, 0.29) is 62.0 Å². The predicted molar refractivity (Wildman–Crippen MR) is 531 cm³/mol. The minimum absolute atomic E-state index is 0.0674. The Hall–Kier alpha value is -12.5. The molecular formula is C110H84BF14NO9S7. The van der Waals surface area contributed by atoms with Crippen molar-refractivity contribution in [2.75, 3.05) is 5.75 Å². The second-order valence-electron chi connectivity index (χ2n) is 32.9. The highest BCUT2D eigenvalue weighted by molar-refractivity contribution is 8.00. The van der Waals surface area contributed by atoms with Gasteiger partial charge in [-0.1, -0.05) is 213 Å². The normalized spacial score (nSPS) is 15.0. The summed E-state index contributed by atoms with van der Waals surface area (Å²) in [7, 11) is -5.95. The van der Waals surface area contributed by atoms with Crippen molar-refractivity contribution >= 4 is 138 Å². The molecule has 726 valence electrons. The minimum Gasteiger partial charge on any atom is -0.299 e. The molecule has 0 radical (unpaired) electrons. The highest BCUT2D eigenvalue weighted by atomic mass is 32.2. The third kappa shape index (κ3) is 25.0. The van der Waals surface area contributed by atoms with E-state index >= 15 is 0 Å². The van der Waals surface area contributed by atoms with Gasteiger partial charge < -0.3 is 0 Å². The molecule has 2 fully saturated rings. The number of Topliss-reactive ketones (excluding diaryl/α,β-unsaturated/α-hetero) is 4. The second kappa shape index (κ2) is 45.0. The van der Waals surface area contributed by atoms with Crippen molar-refractivity contribution in [1.82, 2.24) is 5.06 Å². The molecule has 15 aromatic rings. The van der Waals surface area contributed by atoms with Crippen LogP contribution in [-0.4, -0.2) is 80.6 Å². The minimum atomic E-state index is -6.45. The number of ketones is 4. The number of imide groups is 1. The molecule has 1 heterocycles. The fraction of sp³-hybridized carbons (Fsp3) is 0.136. The van der Waals surface area contributed by atoms with Crippen molar-refractivity contribution in [1.29, 1.82) is 0 Å². The fourth-order valence-electron chi connectivity index (χ4n) is 16.1. The molecule has 2 aliphatic carbocycles. The summed E-state index contributed by atoms with van der Waals surface area (Å²) < 4.78 is 194. The molecule has 2 saturated carbocycles. The summed E-state index contributed by atoms with van der Waals surface area (Å²) in [5, 5.41) is 1.52. The van der Waals surface area contributed by atoms with Gasteiger partial charge in [0.2, 0.25) is 0 Å². The zero-order chi connectivity index (χ0) is 102. The van der Waals surface area contributed by atoms with Crippen LogP contribution in [0, 0.1) is 51.8 Å². The van der Waals surface area contributed by atoms with Gasteiger partial charge in [-0.25, -0.2) is 61.5 Å². The van der Waals surface area contributed by atoms with E-state index in [0.29, 0.717) is 45.4 Å². The van der Waals surface area contributed by atoms with Gasteiger partial charge in [-0.05, 0) is 280 Å². The summed E-state index contributed by atoms with van der Waals surface area (Å²) in [5.41, 5.74) is 5.40. The maximum Gasteiger partial charge on any atom is 0.289 e. The molecule has 15 aromatic carbocycles. The van der Waals surface area contributed by atoms with E-state index in [0.717, 1.165) is 35.8 Å². The summed E-state index contributed by atoms with van der Waals surface area (Å²) in [4.78, 5) is 90.4. The third-order valence-corrected chi connectivity index (χ3v) is 33.2. The van der Waals surface area contributed by atoms with Gasteiger partial charge in [0, 0.05) is 67.7 Å². The topological polar surface area (TPSA) is 149 Å². The lowest BCUT2D eigenvalue weighted by molar-refractivity contribution is -0.277. The van der Waals surface area contributed by atoms with Crippen molar-refractivity contribution in [3.8, 4) is 22.3 Å². The maximum atomic E-state index is 13.0. The maximum absolute atomic E-state index is 13.0. The number of hydrogen-bond donors (Lipinski definition) is 0. The Morgan fingerprint density at radius 3 is 0.930 bits per heavy atom. The number of benzene rings is 15. The number of alkyl halides is 9. The Balaban J connectivity index is 0.000000153. The SMILES string of the molecule is CC(=O)c1ccc(Sc2ccc([S+](c3ccc(Sc4ccc(C(C)=O)cc4)cc3)c3ccc(Sc4ccc(C(C)=O)cc4)cc3)cc2)cc1.CC1(C)C2CCC1(CS(=O)(=O)ON1C(=O)c3cccc4cccc(c34)C1=O)C(=O)C2.FC(F)(F)[C-](C(F)(F)F)C(F)(F)F.[BH3-]c1c(F)c(F)c(F)c(F)c1F.c1ccc(-c2ccc(Sc3ccc([S+](c4ccccc4)c4ccc(-c5ccccc5)cc4)cc3)cc2)cc1. The molecule has 0 N–H and O–H groups in total. The van der Waals surface area contributed by atoms with Crippen LogP contribution in [0.15, 0.2) is 414 Å². The molecule has 0 spiro atoms. The van der Waals surface area contributed by atoms with Crippen LogP contribution in [0.4, 0.5) is 61.5 Å². The van der Waals surface area contributed by atoms with Gasteiger partial charge in [0.25, 0.3) is 40.5 Å². The molecule has 3 atom stereocenters. The highest BCUT2D eigenvalue weighted by Gasteiger charge is 2.66. The van der Waals surface area contributed by atoms with Crippen LogP contribution in [0.2, 0.25) is 0 Å². The summed E-state index contributed by atoms with van der Waals surface area (Å²) >= 11 is 6.84. The molecule has 3 aliphatic rings. The lowest BCUT2D eigenvalue weighted by Crippen LogP contribution is -2.46. The monoisotopic (exact) mass is 2060 g/mol. The van der Waals surface area contributed by atoms with E-state index in [9.17, 15) is 98.7 Å². The number of nitrogens with zero attached hydrogens (tertiary/aromatic N) is 1. The Labute approximate surface area is 834 Å². The van der Waals surface area contributed by atoms with Crippen LogP contribution in [0.3, 0.4) is 0 Å². The Morgan fingerprint density at radius 2 is 0.648 bits per heavy atom. The Kier molecular flexibility index (Phi) is 33.3. The van der Waals surface area contributed by atoms with Gasteiger partial charge in [-0.3, -0.25) is 28.8 Å². The largest absolute Gasteiger partial charge is 0.299 e. The second-order valence-corrected chi connectivity index (χ2v) is 43.1. The van der Waals surface area contributed by atoms with E-state index in [4.69, 9.17) is 4.28 Å². The van der Waals surface area contributed by atoms with E-state index in [2.05, 4.69) is 237 Å². The van der Waals surface area contributed by atoms with E-state index < -0.39 is 105 Å². The molecule has 32 heteroatoms. The molecular weight excluding hydrogens is 1980 g/mol. The van der Waals surface area contributed by atoms with Crippen molar-refractivity contribution in [3.63, 3.8) is 0 Å². The molecule has 142 heavy (non-hydrogen) atoms. The van der Waals surface area contributed by atoms with Crippen molar-refractivity contribution < 1.29 is 103 Å². The number of hydrogen-bond acceptors (Lipinski definition) is 13. The van der Waals surface area contributed by atoms with E-state index in [1.54, 1.807) is 92.1 Å². The number of hydroxylamine groups is 2. The first kappa shape index (κ1) is 105. The zero-order valence-electron chi connectivity index (χ0n) is 75.1. The zero-order valence-corrected chi connectivity index (χ0v) is 80.8. The summed E-state index contributed by atoms with van der Waals surface area (Å²) in [5.74, 6) is -15.4. The molecule has 18 rings (SSSR count). The van der Waals surface area contributed by atoms with Crippen LogP contribution >= 0.6 is 47.0 Å². The van der Waals surface area contributed by atoms with Crippen molar-refractivity contribution in [3.05, 3.63) is 409 Å². The molecule has 2 amide bonds. The molecule has 0 saturated heterocycles. The summed E-state index contributed by atoms with van der Waals surface area (Å²) in [6.07, 6.45) is -17.7. The lowest BCUT2D eigenvalue weighted by Gasteiger charge is -2.37. The van der Waals surface area contributed by atoms with Gasteiger partial charge in [0.15, 0.2) is 64.2 Å². The van der Waals surface area contributed by atoms with E-state index in [1.165, 1.54) is 73.6 Å². The van der Waals surface area contributed by atoms with Crippen LogP contribution in [-0.2, 0) is 41.0 Å². The number of rotatable bonds is 23. The smallest absolute Gasteiger partial charge is 0.289 e. The Bertz CT molecular complexity index is 6780. The van der Waals surface area contributed by atoms with Gasteiger partial charge in [0.1, 0.15) is 17.4 Å². The standard InChI is InChI=1S/C42H33O3S4.C36H27S2.C22H21NO6S.C6H3BF5.C4F9/c1-28(43)31-4-10-34(11-5-31)46-37-16-22-40(23-17-37)49(41-24-18-38(19-25-41)47-35-12-6-32(7-13-35)29(2)44)42-26-20-39(21-27-42)48-36-14-8-33(9-15-36)30(3)45;1-4-10-28(11-5-1)30-16-20-32(21-17-30)37-33-22-26-36(27-23-33)38(34-14-8-3-9-15-34)35-24-18-31(19-25-35)29-12-6-2-7-13-29;1-21(2)14-9-10-22(21,17(24)11-14)12-30(27,28)29-23-19(25)15-7-3-5-13-6-4-8-16(18(13)15)20(23)26;7-1-2(8)4(10)6(12)5(11)3(1)9;5-2(6,7)1(3(8,9)10)4(11,12)13/h4-27H,1-3H3;1-27H;3-8,14H,9-12H2,1-2H3;7H3;/q2*+1;;2*-1. The quantitative estimate of drug-likeness (QED) is 0.00875. The van der Waals surface area contributed by atoms with Gasteiger partial charge >= 0.3 is 0 Å². The van der Waals surface area contributed by atoms with Gasteiger partial charge in [0.05, 0.1) is 44.1 Å². The lowest BCUT2D eigenvalue weighted by atomic mass is 9.70. The van der Waals surface area contributed by atoms with Crippen LogP contribution in [0.1, 0.15) is 106 Å². The summed E-state index contributed by atoms with van der Waals surface area (Å²) in [6, 6.07) is 118. The first-order chi connectivity index (χ1) is 67.4. The van der Waals surface area contributed by atoms with Gasteiger partial charge in [-0.2, -0.15) is 8.42 Å². The average Bonchev–Trinajstić information content (AvgIpc) is 1.55. The highest BCUT2D eigenvalue weighted by Crippen LogP contribution is 2.64. The van der Waals surface area contributed by atoms with E-state index in [1.807, 2.05) is 86.6 Å². The molecule has 1 aliphatic heterocycles. The average molecular weight is 2070 g/mol. The third-order valence-electron chi connectivity index (χ3n) is 23.4. The molecule has 3 unspecified atom stereocenters. The van der Waals surface area contributed by atoms with Crippen LogP contribution in [0.5, 0.6) is 0 Å². The Morgan fingerprint density at radius 1 is 0.380 bits per heavy atom. The fourth-order valence-corrected chi connectivity index (χ4v) is 25.2. The number of fused-ring (bicyclic) bond motifs is 2. The molecule has 0 aromatic heterocycles. The molecule has 10 nitrogen and oxygen atoms in total. The van der Waals surface area contributed by atoms with Gasteiger partial charge in [-0.15, -0.1) is 14.8 Å². The first-order valence-electron chi connectivity index (χ1n) is 43.2. The number of carbonyl (C=O) groups is 6. The number of halogens is 14. The first-order valence-corrected chi connectivity index (χ1v) is 50.5. The summed E-state index contributed by atoms with van der Waals surface area (Å²) in [6.45, 7) is 8.59. The van der Waals surface area contributed by atoms with Crippen molar-refractivity contribution in [2.24, 2.45) is 16.7 Å². The predicted octanol–water partition coefficient (Wildman–Crippen LogP) is 28.8. The van der Waals surface area contributed by atoms with Crippen LogP contribution in [0.25, 0.3) is 33.0 Å². The number of carbonyl (C=O) groups excluding carboxylic acids is 6. The number of amides is 2. The van der Waals surface area contributed by atoms with Crippen molar-refractivity contribution in [2.45, 2.75) is 141 Å².